The zero-order valence-corrected chi connectivity index (χ0v) is 12.2. The lowest BCUT2D eigenvalue weighted by atomic mass is 10.0. The van der Waals surface area contributed by atoms with Crippen LogP contribution in [0.25, 0.3) is 11.1 Å². The number of hydrogen-bond donors (Lipinski definition) is 1. The number of nitriles is 1. The van der Waals surface area contributed by atoms with E-state index in [0.717, 1.165) is 12.1 Å². The molecular formula is C16H13F3N2O2. The van der Waals surface area contributed by atoms with E-state index >= 15 is 0 Å². The number of carbonyl (C=O) groups excluding carboxylic acids is 1. The number of H-pyrrole nitrogens is 1. The fraction of sp³-hybridized carbons (Fsp3) is 0.250. The van der Waals surface area contributed by atoms with E-state index in [4.69, 9.17) is 5.26 Å². The molecule has 0 amide bonds. The van der Waals surface area contributed by atoms with E-state index in [0.29, 0.717) is 17.7 Å². The van der Waals surface area contributed by atoms with Crippen LogP contribution in [0.4, 0.5) is 13.2 Å². The smallest absolute Gasteiger partial charge is 0.416 e. The van der Waals surface area contributed by atoms with Crippen LogP contribution >= 0.6 is 0 Å². The van der Waals surface area contributed by atoms with E-state index in [1.165, 1.54) is 13.2 Å². The SMILES string of the molecule is COC(=O)CCc1cc(-c2cc(C#N)cc(C(F)(F)F)c2)c[nH]1. The highest BCUT2D eigenvalue weighted by Gasteiger charge is 2.31. The number of carbonyl (C=O) groups is 1. The van der Waals surface area contributed by atoms with Crippen molar-refractivity contribution in [3.05, 3.63) is 47.3 Å². The maximum absolute atomic E-state index is 12.9. The van der Waals surface area contributed by atoms with Gasteiger partial charge in [-0.2, -0.15) is 18.4 Å². The summed E-state index contributed by atoms with van der Waals surface area (Å²) < 4.78 is 43.2. The molecule has 0 bridgehead atoms. The lowest BCUT2D eigenvalue weighted by molar-refractivity contribution is -0.140. The molecule has 0 fully saturated rings. The Morgan fingerprint density at radius 2 is 2.00 bits per heavy atom. The Kier molecular flexibility index (Phi) is 4.74. The number of rotatable bonds is 4. The molecule has 4 nitrogen and oxygen atoms in total. The van der Waals surface area contributed by atoms with Crippen molar-refractivity contribution in [2.24, 2.45) is 0 Å². The molecule has 2 aromatic rings. The summed E-state index contributed by atoms with van der Waals surface area (Å²) in [5.74, 6) is -0.369. The van der Waals surface area contributed by atoms with Crippen molar-refractivity contribution >= 4 is 5.97 Å². The van der Waals surface area contributed by atoms with Gasteiger partial charge in [-0.1, -0.05) is 0 Å². The maximum Gasteiger partial charge on any atom is 0.416 e. The second-order valence-electron chi connectivity index (χ2n) is 4.90. The van der Waals surface area contributed by atoms with Crippen molar-refractivity contribution in [1.29, 1.82) is 5.26 Å². The first kappa shape index (κ1) is 16.6. The lowest BCUT2D eigenvalue weighted by Gasteiger charge is -2.09. The van der Waals surface area contributed by atoms with E-state index in [9.17, 15) is 18.0 Å². The van der Waals surface area contributed by atoms with Crippen LogP contribution in [0.5, 0.6) is 0 Å². The largest absolute Gasteiger partial charge is 0.469 e. The van der Waals surface area contributed by atoms with Crippen molar-refractivity contribution in [2.45, 2.75) is 19.0 Å². The standard InChI is InChI=1S/C16H13F3N2O2/c1-23-15(22)3-2-14-7-12(9-21-14)11-4-10(8-20)5-13(6-11)16(17,18)19/h4-7,9,21H,2-3H2,1H3. The topological polar surface area (TPSA) is 65.9 Å². The maximum atomic E-state index is 12.9. The van der Waals surface area contributed by atoms with E-state index in [1.807, 2.05) is 0 Å². The summed E-state index contributed by atoms with van der Waals surface area (Å²) in [5.41, 5.74) is 0.571. The van der Waals surface area contributed by atoms with Gasteiger partial charge in [0.25, 0.3) is 0 Å². The highest BCUT2D eigenvalue weighted by atomic mass is 19.4. The van der Waals surface area contributed by atoms with Gasteiger partial charge in [-0.15, -0.1) is 0 Å². The van der Waals surface area contributed by atoms with Crippen LogP contribution in [0, 0.1) is 11.3 Å². The number of alkyl halides is 3. The Labute approximate surface area is 130 Å². The lowest BCUT2D eigenvalue weighted by Crippen LogP contribution is -2.05. The molecule has 0 saturated heterocycles. The summed E-state index contributed by atoms with van der Waals surface area (Å²) >= 11 is 0. The van der Waals surface area contributed by atoms with Gasteiger partial charge in [-0.3, -0.25) is 4.79 Å². The van der Waals surface area contributed by atoms with Gasteiger partial charge in [0.2, 0.25) is 0 Å². The molecule has 0 unspecified atom stereocenters. The molecule has 0 aliphatic carbocycles. The molecule has 0 radical (unpaired) electrons. The van der Waals surface area contributed by atoms with Gasteiger partial charge in [-0.25, -0.2) is 0 Å². The molecule has 1 aromatic heterocycles. The predicted molar refractivity (Wildman–Crippen MR) is 76.3 cm³/mol. The molecule has 0 spiro atoms. The average molecular weight is 322 g/mol. The first-order chi connectivity index (χ1) is 10.8. The first-order valence-electron chi connectivity index (χ1n) is 6.70. The summed E-state index contributed by atoms with van der Waals surface area (Å²) in [5, 5.41) is 8.90. The Hall–Kier alpha value is -2.75. The number of benzene rings is 1. The molecule has 2 rings (SSSR count). The second kappa shape index (κ2) is 6.57. The minimum atomic E-state index is -4.52. The number of ether oxygens (including phenoxy) is 1. The van der Waals surface area contributed by atoms with Crippen LogP contribution in [0.15, 0.2) is 30.5 Å². The average Bonchev–Trinajstić information content (AvgIpc) is 3.00. The normalized spacial score (nSPS) is 11.1. The number of aryl methyl sites for hydroxylation is 1. The Bertz CT molecular complexity index is 757. The van der Waals surface area contributed by atoms with Gasteiger partial charge < -0.3 is 9.72 Å². The van der Waals surface area contributed by atoms with Crippen LogP contribution < -0.4 is 0 Å². The Morgan fingerprint density at radius 3 is 2.61 bits per heavy atom. The highest BCUT2D eigenvalue weighted by molar-refractivity contribution is 5.70. The van der Waals surface area contributed by atoms with Crippen molar-refractivity contribution in [3.63, 3.8) is 0 Å². The van der Waals surface area contributed by atoms with Crippen LogP contribution in [0.3, 0.4) is 0 Å². The molecule has 1 N–H and O–H groups in total. The molecule has 0 aliphatic rings. The summed E-state index contributed by atoms with van der Waals surface area (Å²) in [6.07, 6.45) is -2.42. The van der Waals surface area contributed by atoms with Gasteiger partial charge in [0, 0.05) is 11.9 Å². The third-order valence-electron chi connectivity index (χ3n) is 3.29. The minimum absolute atomic E-state index is 0.0628. The van der Waals surface area contributed by atoms with Crippen molar-refractivity contribution < 1.29 is 22.7 Å². The zero-order valence-electron chi connectivity index (χ0n) is 12.2. The van der Waals surface area contributed by atoms with Crippen molar-refractivity contribution in [2.75, 3.05) is 7.11 Å². The number of aromatic amines is 1. The fourth-order valence-electron chi connectivity index (χ4n) is 2.11. The molecule has 7 heteroatoms. The first-order valence-corrected chi connectivity index (χ1v) is 6.70. The van der Waals surface area contributed by atoms with Gasteiger partial charge in [0.05, 0.1) is 30.7 Å². The van der Waals surface area contributed by atoms with Gasteiger partial charge >= 0.3 is 12.1 Å². The molecular weight excluding hydrogens is 309 g/mol. The molecule has 0 saturated carbocycles. The molecule has 0 aliphatic heterocycles. The quantitative estimate of drug-likeness (QED) is 0.873. The summed E-state index contributed by atoms with van der Waals surface area (Å²) in [6.45, 7) is 0. The number of aromatic nitrogens is 1. The summed E-state index contributed by atoms with van der Waals surface area (Å²) in [6, 6.07) is 6.58. The summed E-state index contributed by atoms with van der Waals surface area (Å²) in [4.78, 5) is 14.0. The van der Waals surface area contributed by atoms with Crippen molar-refractivity contribution in [3.8, 4) is 17.2 Å². The number of methoxy groups -OCH3 is 1. The van der Waals surface area contributed by atoms with Crippen LogP contribution in [-0.2, 0) is 22.1 Å². The number of hydrogen-bond acceptors (Lipinski definition) is 3. The number of esters is 1. The van der Waals surface area contributed by atoms with Gasteiger partial charge in [0.15, 0.2) is 0 Å². The zero-order chi connectivity index (χ0) is 17.0. The molecule has 1 heterocycles. The summed E-state index contributed by atoms with van der Waals surface area (Å²) in [7, 11) is 1.29. The third-order valence-corrected chi connectivity index (χ3v) is 3.29. The van der Waals surface area contributed by atoms with Crippen molar-refractivity contribution in [1.82, 2.24) is 4.98 Å². The highest BCUT2D eigenvalue weighted by Crippen LogP contribution is 2.33. The van der Waals surface area contributed by atoms with Gasteiger partial charge in [0.1, 0.15) is 0 Å². The Balaban J connectivity index is 2.30. The van der Waals surface area contributed by atoms with E-state index in [1.54, 1.807) is 18.3 Å². The van der Waals surface area contributed by atoms with E-state index in [-0.39, 0.29) is 23.5 Å². The number of nitrogens with zero attached hydrogens (tertiary/aromatic N) is 1. The molecule has 0 atom stereocenters. The predicted octanol–water partition coefficient (Wildman–Crippen LogP) is 3.68. The van der Waals surface area contributed by atoms with E-state index in [2.05, 4.69) is 9.72 Å². The number of halogens is 3. The number of nitrogens with one attached hydrogen (secondary N) is 1. The third kappa shape index (κ3) is 4.13. The molecule has 23 heavy (non-hydrogen) atoms. The fourth-order valence-corrected chi connectivity index (χ4v) is 2.11. The van der Waals surface area contributed by atoms with Crippen LogP contribution in [0.2, 0.25) is 0 Å². The Morgan fingerprint density at radius 1 is 1.26 bits per heavy atom. The van der Waals surface area contributed by atoms with E-state index < -0.39 is 11.7 Å². The monoisotopic (exact) mass is 322 g/mol. The molecule has 1 aromatic carbocycles. The van der Waals surface area contributed by atoms with Crippen LogP contribution in [0.1, 0.15) is 23.2 Å². The molecule has 120 valence electrons. The second-order valence-corrected chi connectivity index (χ2v) is 4.90. The minimum Gasteiger partial charge on any atom is -0.469 e. The van der Waals surface area contributed by atoms with Gasteiger partial charge in [-0.05, 0) is 41.8 Å². The van der Waals surface area contributed by atoms with Crippen LogP contribution in [-0.4, -0.2) is 18.1 Å².